The Morgan fingerprint density at radius 1 is 1.39 bits per heavy atom. The molecule has 4 nitrogen and oxygen atoms in total. The number of carbonyl (C=O) groups excluding carboxylic acids is 1. The highest BCUT2D eigenvalue weighted by atomic mass is 16.3. The topological polar surface area (TPSA) is 61.7 Å². The molecule has 0 saturated carbocycles. The minimum absolute atomic E-state index is 0.0363. The Kier molecular flexibility index (Phi) is 4.12. The van der Waals surface area contributed by atoms with Gasteiger partial charge in [0.05, 0.1) is 5.56 Å². The predicted octanol–water partition coefficient (Wildman–Crippen LogP) is 2.46. The first-order valence-electron chi connectivity index (χ1n) is 6.04. The zero-order valence-electron chi connectivity index (χ0n) is 10.0. The van der Waals surface area contributed by atoms with Gasteiger partial charge < -0.3 is 5.11 Å². The van der Waals surface area contributed by atoms with Crippen molar-refractivity contribution >= 4 is 12.1 Å². The molecule has 0 bridgehead atoms. The summed E-state index contributed by atoms with van der Waals surface area (Å²) in [5.41, 5.74) is 2.67. The van der Waals surface area contributed by atoms with Crippen LogP contribution in [-0.4, -0.2) is 17.2 Å². The molecule has 1 aromatic rings. The molecular weight excluding hydrogens is 228 g/mol. The van der Waals surface area contributed by atoms with Gasteiger partial charge in [0.1, 0.15) is 5.75 Å². The molecule has 0 radical (unpaired) electrons. The van der Waals surface area contributed by atoms with Gasteiger partial charge in [0.15, 0.2) is 0 Å². The molecule has 1 atom stereocenters. The summed E-state index contributed by atoms with van der Waals surface area (Å²) < 4.78 is 0. The van der Waals surface area contributed by atoms with Gasteiger partial charge in [0.25, 0.3) is 5.91 Å². The molecule has 94 valence electrons. The molecule has 1 aromatic carbocycles. The Morgan fingerprint density at radius 3 is 2.94 bits per heavy atom. The van der Waals surface area contributed by atoms with E-state index in [1.807, 2.05) is 0 Å². The zero-order valence-corrected chi connectivity index (χ0v) is 10.0. The Morgan fingerprint density at radius 2 is 2.22 bits per heavy atom. The maximum absolute atomic E-state index is 11.7. The van der Waals surface area contributed by atoms with E-state index in [1.165, 1.54) is 6.07 Å². The molecule has 0 spiro atoms. The van der Waals surface area contributed by atoms with Crippen LogP contribution >= 0.6 is 0 Å². The molecule has 1 amide bonds. The number of aromatic hydroxyl groups is 1. The molecule has 4 heteroatoms. The lowest BCUT2D eigenvalue weighted by atomic mass is 9.96. The molecule has 0 saturated heterocycles. The van der Waals surface area contributed by atoms with E-state index in [1.54, 1.807) is 24.4 Å². The lowest BCUT2D eigenvalue weighted by Gasteiger charge is -2.11. The van der Waals surface area contributed by atoms with Crippen molar-refractivity contribution in [1.82, 2.24) is 5.43 Å². The molecule has 1 aliphatic rings. The normalized spacial score (nSPS) is 19.0. The number of para-hydroxylation sites is 1. The van der Waals surface area contributed by atoms with Gasteiger partial charge in [0.2, 0.25) is 0 Å². The second kappa shape index (κ2) is 6.00. The van der Waals surface area contributed by atoms with Crippen molar-refractivity contribution in [3.8, 4) is 5.75 Å². The van der Waals surface area contributed by atoms with Crippen LogP contribution in [0.5, 0.6) is 5.75 Å². The van der Waals surface area contributed by atoms with Crippen molar-refractivity contribution in [2.45, 2.75) is 19.3 Å². The number of phenolic OH excluding ortho intramolecular Hbond substituents is 1. The first kappa shape index (κ1) is 12.4. The van der Waals surface area contributed by atoms with E-state index in [2.05, 4.69) is 22.7 Å². The number of amides is 1. The summed E-state index contributed by atoms with van der Waals surface area (Å²) in [5, 5.41) is 13.5. The third-order valence-electron chi connectivity index (χ3n) is 2.91. The van der Waals surface area contributed by atoms with E-state index in [-0.39, 0.29) is 11.3 Å². The van der Waals surface area contributed by atoms with Crippen molar-refractivity contribution < 1.29 is 9.90 Å². The van der Waals surface area contributed by atoms with Gasteiger partial charge in [-0.1, -0.05) is 24.3 Å². The molecule has 18 heavy (non-hydrogen) atoms. The van der Waals surface area contributed by atoms with Crippen LogP contribution in [0, 0.1) is 5.92 Å². The number of hydrazone groups is 1. The third kappa shape index (κ3) is 3.20. The minimum atomic E-state index is -0.393. The first-order valence-corrected chi connectivity index (χ1v) is 6.04. The van der Waals surface area contributed by atoms with Crippen LogP contribution in [0.1, 0.15) is 29.6 Å². The largest absolute Gasteiger partial charge is 0.507 e. The number of allylic oxidation sites excluding steroid dienone is 2. The molecule has 0 aromatic heterocycles. The maximum atomic E-state index is 11.7. The molecule has 0 unspecified atom stereocenters. The van der Waals surface area contributed by atoms with Gasteiger partial charge in [-0.2, -0.15) is 5.10 Å². The second-order valence-electron chi connectivity index (χ2n) is 4.28. The standard InChI is InChI=1S/C14H16N2O2/c17-13-9-5-4-8-12(13)14(18)16-15-10-11-6-2-1-3-7-11/h1-2,4-5,8-11,17H,3,6-7H2,(H,16,18)/t11-/m1/s1. The van der Waals surface area contributed by atoms with E-state index in [9.17, 15) is 9.90 Å². The fourth-order valence-corrected chi connectivity index (χ4v) is 1.88. The summed E-state index contributed by atoms with van der Waals surface area (Å²) >= 11 is 0. The van der Waals surface area contributed by atoms with Crippen molar-refractivity contribution in [2.24, 2.45) is 11.0 Å². The number of carbonyl (C=O) groups is 1. The van der Waals surface area contributed by atoms with E-state index in [0.29, 0.717) is 5.92 Å². The first-order chi connectivity index (χ1) is 8.77. The third-order valence-corrected chi connectivity index (χ3v) is 2.91. The average molecular weight is 244 g/mol. The Labute approximate surface area is 106 Å². The van der Waals surface area contributed by atoms with Gasteiger partial charge in [-0.25, -0.2) is 5.43 Å². The Bertz CT molecular complexity index is 480. The number of rotatable bonds is 3. The average Bonchev–Trinajstić information content (AvgIpc) is 2.40. The molecule has 0 heterocycles. The van der Waals surface area contributed by atoms with Gasteiger partial charge in [-0.05, 0) is 37.3 Å². The van der Waals surface area contributed by atoms with Crippen LogP contribution in [0.15, 0.2) is 41.5 Å². The monoisotopic (exact) mass is 244 g/mol. The van der Waals surface area contributed by atoms with E-state index >= 15 is 0 Å². The van der Waals surface area contributed by atoms with Gasteiger partial charge in [-0.15, -0.1) is 0 Å². The summed E-state index contributed by atoms with van der Waals surface area (Å²) in [4.78, 5) is 11.7. The van der Waals surface area contributed by atoms with Crippen LogP contribution in [0.2, 0.25) is 0 Å². The van der Waals surface area contributed by atoms with Crippen LogP contribution in [0.25, 0.3) is 0 Å². The second-order valence-corrected chi connectivity index (χ2v) is 4.28. The lowest BCUT2D eigenvalue weighted by Crippen LogP contribution is -2.18. The van der Waals surface area contributed by atoms with Gasteiger partial charge in [0, 0.05) is 6.21 Å². The summed E-state index contributed by atoms with van der Waals surface area (Å²) in [6, 6.07) is 6.40. The van der Waals surface area contributed by atoms with Crippen LogP contribution < -0.4 is 5.43 Å². The number of nitrogens with zero attached hydrogens (tertiary/aromatic N) is 1. The van der Waals surface area contributed by atoms with Crippen LogP contribution in [0.4, 0.5) is 0 Å². The van der Waals surface area contributed by atoms with Crippen molar-refractivity contribution in [3.05, 3.63) is 42.0 Å². The minimum Gasteiger partial charge on any atom is -0.507 e. The lowest BCUT2D eigenvalue weighted by molar-refractivity contribution is 0.0952. The molecular formula is C14H16N2O2. The quantitative estimate of drug-likeness (QED) is 0.487. The van der Waals surface area contributed by atoms with Crippen LogP contribution in [-0.2, 0) is 0 Å². The van der Waals surface area contributed by atoms with Crippen LogP contribution in [0.3, 0.4) is 0 Å². The number of benzene rings is 1. The molecule has 0 fully saturated rings. The van der Waals surface area contributed by atoms with Crippen molar-refractivity contribution in [3.63, 3.8) is 0 Å². The highest BCUT2D eigenvalue weighted by Crippen LogP contribution is 2.16. The van der Waals surface area contributed by atoms with Gasteiger partial charge in [-0.3, -0.25) is 4.79 Å². The van der Waals surface area contributed by atoms with Crippen molar-refractivity contribution in [2.75, 3.05) is 0 Å². The molecule has 0 aliphatic heterocycles. The van der Waals surface area contributed by atoms with Gasteiger partial charge >= 0.3 is 0 Å². The summed E-state index contributed by atoms with van der Waals surface area (Å²) in [6.07, 6.45) is 9.14. The molecule has 1 aliphatic carbocycles. The van der Waals surface area contributed by atoms with E-state index in [4.69, 9.17) is 0 Å². The highest BCUT2D eigenvalue weighted by Gasteiger charge is 2.10. The maximum Gasteiger partial charge on any atom is 0.275 e. The summed E-state index contributed by atoms with van der Waals surface area (Å²) in [6.45, 7) is 0. The predicted molar refractivity (Wildman–Crippen MR) is 70.5 cm³/mol. The molecule has 2 rings (SSSR count). The summed E-state index contributed by atoms with van der Waals surface area (Å²) in [5.74, 6) is -0.0406. The fraction of sp³-hybridized carbons (Fsp3) is 0.286. The number of phenols is 1. The summed E-state index contributed by atoms with van der Waals surface area (Å²) in [7, 11) is 0. The Balaban J connectivity index is 1.90. The highest BCUT2D eigenvalue weighted by molar-refractivity contribution is 5.96. The number of hydrogen-bond acceptors (Lipinski definition) is 3. The fourth-order valence-electron chi connectivity index (χ4n) is 1.88. The SMILES string of the molecule is O=C(NN=C[C@@H]1CC=CCC1)c1ccccc1O. The smallest absolute Gasteiger partial charge is 0.275 e. The van der Waals surface area contributed by atoms with E-state index < -0.39 is 5.91 Å². The zero-order chi connectivity index (χ0) is 12.8. The Hall–Kier alpha value is -2.10. The number of hydrogen-bond donors (Lipinski definition) is 2. The number of nitrogens with one attached hydrogen (secondary N) is 1. The van der Waals surface area contributed by atoms with Crippen molar-refractivity contribution in [1.29, 1.82) is 0 Å². The molecule has 2 N–H and O–H groups in total. The van der Waals surface area contributed by atoms with E-state index in [0.717, 1.165) is 19.3 Å².